The Hall–Kier alpha value is -2.46. The summed E-state index contributed by atoms with van der Waals surface area (Å²) in [6.45, 7) is 2.08. The summed E-state index contributed by atoms with van der Waals surface area (Å²) in [6.07, 6.45) is 4.40. The van der Waals surface area contributed by atoms with Crippen LogP contribution in [-0.4, -0.2) is 15.0 Å². The molecule has 2 heterocycles. The quantitative estimate of drug-likeness (QED) is 0.771. The van der Waals surface area contributed by atoms with E-state index in [0.717, 1.165) is 29.1 Å². The van der Waals surface area contributed by atoms with E-state index in [4.69, 9.17) is 11.6 Å². The van der Waals surface area contributed by atoms with Gasteiger partial charge in [0.2, 0.25) is 5.95 Å². The summed E-state index contributed by atoms with van der Waals surface area (Å²) >= 11 is 5.99. The Bertz CT molecular complexity index is 789. The Kier molecular flexibility index (Phi) is 4.30. The van der Waals surface area contributed by atoms with Crippen LogP contribution in [0.3, 0.4) is 0 Å². The third-order valence-corrected chi connectivity index (χ3v) is 3.47. The van der Waals surface area contributed by atoms with Crippen LogP contribution in [0.5, 0.6) is 0 Å². The summed E-state index contributed by atoms with van der Waals surface area (Å²) in [4.78, 5) is 13.2. The molecule has 1 aromatic carbocycles. The van der Waals surface area contributed by atoms with Crippen molar-refractivity contribution >= 4 is 23.2 Å². The summed E-state index contributed by atoms with van der Waals surface area (Å²) in [5.41, 5.74) is 3.76. The van der Waals surface area contributed by atoms with Crippen LogP contribution in [0.25, 0.3) is 11.3 Å². The minimum Gasteiger partial charge on any atom is -0.324 e. The molecule has 0 fully saturated rings. The highest BCUT2D eigenvalue weighted by atomic mass is 35.5. The predicted octanol–water partition coefficient (Wildman–Crippen LogP) is 4.50. The van der Waals surface area contributed by atoms with Gasteiger partial charge in [-0.15, -0.1) is 0 Å². The zero-order chi connectivity index (χ0) is 15.4. The van der Waals surface area contributed by atoms with Crippen LogP contribution in [-0.2, 0) is 6.42 Å². The fourth-order valence-electron chi connectivity index (χ4n) is 2.22. The zero-order valence-electron chi connectivity index (χ0n) is 12.1. The largest absolute Gasteiger partial charge is 0.324 e. The van der Waals surface area contributed by atoms with Crippen molar-refractivity contribution in [3.63, 3.8) is 0 Å². The highest BCUT2D eigenvalue weighted by molar-refractivity contribution is 6.30. The van der Waals surface area contributed by atoms with Gasteiger partial charge in [0.25, 0.3) is 0 Å². The molecule has 0 spiro atoms. The van der Waals surface area contributed by atoms with Gasteiger partial charge < -0.3 is 5.32 Å². The summed E-state index contributed by atoms with van der Waals surface area (Å²) in [5, 5.41) is 3.83. The van der Waals surface area contributed by atoms with Gasteiger partial charge in [0.05, 0.1) is 5.69 Å². The van der Waals surface area contributed by atoms with Crippen molar-refractivity contribution in [3.05, 3.63) is 65.6 Å². The number of nitrogens with zero attached hydrogens (tertiary/aromatic N) is 3. The predicted molar refractivity (Wildman–Crippen MR) is 89.4 cm³/mol. The molecular weight excluding hydrogens is 296 g/mol. The second-order valence-electron chi connectivity index (χ2n) is 4.75. The van der Waals surface area contributed by atoms with Gasteiger partial charge >= 0.3 is 0 Å². The average molecular weight is 311 g/mol. The number of halogens is 1. The Morgan fingerprint density at radius 2 is 1.95 bits per heavy atom. The molecule has 0 atom stereocenters. The molecule has 22 heavy (non-hydrogen) atoms. The number of anilines is 2. The average Bonchev–Trinajstić information content (AvgIpc) is 2.55. The topological polar surface area (TPSA) is 50.7 Å². The van der Waals surface area contributed by atoms with Gasteiger partial charge in [0.15, 0.2) is 0 Å². The van der Waals surface area contributed by atoms with Gasteiger partial charge in [-0.3, -0.25) is 4.98 Å². The number of rotatable bonds is 4. The first-order chi connectivity index (χ1) is 10.8. The van der Waals surface area contributed by atoms with Crippen LogP contribution in [0, 0.1) is 0 Å². The second-order valence-corrected chi connectivity index (χ2v) is 5.19. The third kappa shape index (κ3) is 3.23. The fourth-order valence-corrected chi connectivity index (χ4v) is 2.41. The van der Waals surface area contributed by atoms with Crippen molar-refractivity contribution in [1.82, 2.24) is 15.0 Å². The first kappa shape index (κ1) is 14.5. The highest BCUT2D eigenvalue weighted by Gasteiger charge is 2.07. The molecule has 0 saturated heterocycles. The van der Waals surface area contributed by atoms with E-state index in [2.05, 4.69) is 27.2 Å². The molecular formula is C17H15ClN4. The number of aromatic nitrogens is 3. The highest BCUT2D eigenvalue weighted by Crippen LogP contribution is 2.23. The van der Waals surface area contributed by atoms with Crippen molar-refractivity contribution in [1.29, 1.82) is 0 Å². The fraction of sp³-hybridized carbons (Fsp3) is 0.118. The molecule has 5 heteroatoms. The number of nitrogens with one attached hydrogen (secondary N) is 1. The molecule has 4 nitrogen and oxygen atoms in total. The molecule has 0 saturated carbocycles. The first-order valence-corrected chi connectivity index (χ1v) is 7.44. The van der Waals surface area contributed by atoms with E-state index in [-0.39, 0.29) is 0 Å². The van der Waals surface area contributed by atoms with Crippen LogP contribution in [0.15, 0.2) is 54.9 Å². The molecule has 0 aliphatic heterocycles. The van der Waals surface area contributed by atoms with Crippen LogP contribution in [0.4, 0.5) is 11.6 Å². The SMILES string of the molecule is CCc1ncccc1-c1ccnc(Nc2cccc(Cl)c2)n1. The monoisotopic (exact) mass is 310 g/mol. The lowest BCUT2D eigenvalue weighted by Crippen LogP contribution is -1.99. The number of aryl methyl sites for hydroxylation is 1. The minimum atomic E-state index is 0.533. The van der Waals surface area contributed by atoms with Gasteiger partial charge in [-0.2, -0.15) is 0 Å². The lowest BCUT2D eigenvalue weighted by molar-refractivity contribution is 1.03. The molecule has 1 N–H and O–H groups in total. The molecule has 0 bridgehead atoms. The van der Waals surface area contributed by atoms with E-state index in [1.807, 2.05) is 42.5 Å². The van der Waals surface area contributed by atoms with Gasteiger partial charge in [-0.05, 0) is 42.8 Å². The summed E-state index contributed by atoms with van der Waals surface area (Å²) in [6, 6.07) is 13.3. The molecule has 0 radical (unpaired) electrons. The maximum absolute atomic E-state index is 5.99. The molecule has 0 unspecified atom stereocenters. The van der Waals surface area contributed by atoms with Crippen molar-refractivity contribution < 1.29 is 0 Å². The molecule has 2 aromatic heterocycles. The van der Waals surface area contributed by atoms with Crippen molar-refractivity contribution in [2.45, 2.75) is 13.3 Å². The van der Waals surface area contributed by atoms with Crippen LogP contribution in [0.2, 0.25) is 5.02 Å². The number of hydrogen-bond donors (Lipinski definition) is 1. The third-order valence-electron chi connectivity index (χ3n) is 3.24. The number of benzene rings is 1. The van der Waals surface area contributed by atoms with Gasteiger partial charge in [-0.1, -0.05) is 24.6 Å². The van der Waals surface area contributed by atoms with Gasteiger partial charge in [0, 0.05) is 34.4 Å². The van der Waals surface area contributed by atoms with Crippen LogP contribution < -0.4 is 5.32 Å². The van der Waals surface area contributed by atoms with Gasteiger partial charge in [-0.25, -0.2) is 9.97 Å². The smallest absolute Gasteiger partial charge is 0.227 e. The van der Waals surface area contributed by atoms with Crippen molar-refractivity contribution in [2.75, 3.05) is 5.32 Å². The van der Waals surface area contributed by atoms with E-state index >= 15 is 0 Å². The molecule has 0 aliphatic carbocycles. The first-order valence-electron chi connectivity index (χ1n) is 7.06. The van der Waals surface area contributed by atoms with Crippen molar-refractivity contribution in [2.24, 2.45) is 0 Å². The normalized spacial score (nSPS) is 10.5. The van der Waals surface area contributed by atoms with Crippen molar-refractivity contribution in [3.8, 4) is 11.3 Å². The standard InChI is InChI=1S/C17H15ClN4/c1-2-15-14(7-4-9-19-15)16-8-10-20-17(22-16)21-13-6-3-5-12(18)11-13/h3-11H,2H2,1H3,(H,20,21,22). The zero-order valence-corrected chi connectivity index (χ0v) is 12.9. The van der Waals surface area contributed by atoms with Gasteiger partial charge in [0.1, 0.15) is 0 Å². The van der Waals surface area contributed by atoms with E-state index < -0.39 is 0 Å². The number of hydrogen-bond acceptors (Lipinski definition) is 4. The summed E-state index contributed by atoms with van der Waals surface area (Å²) < 4.78 is 0. The molecule has 110 valence electrons. The van der Waals surface area contributed by atoms with E-state index in [9.17, 15) is 0 Å². The Labute approximate surface area is 134 Å². The van der Waals surface area contributed by atoms with Crippen LogP contribution in [0.1, 0.15) is 12.6 Å². The molecule has 0 amide bonds. The van der Waals surface area contributed by atoms with E-state index in [1.165, 1.54) is 0 Å². The van der Waals surface area contributed by atoms with Crippen LogP contribution >= 0.6 is 11.6 Å². The molecule has 3 rings (SSSR count). The maximum Gasteiger partial charge on any atom is 0.227 e. The lowest BCUT2D eigenvalue weighted by Gasteiger charge is -2.09. The Morgan fingerprint density at radius 1 is 1.05 bits per heavy atom. The maximum atomic E-state index is 5.99. The summed E-state index contributed by atoms with van der Waals surface area (Å²) in [7, 11) is 0. The minimum absolute atomic E-state index is 0.533. The lowest BCUT2D eigenvalue weighted by atomic mass is 10.1. The number of pyridine rings is 1. The Balaban J connectivity index is 1.93. The van der Waals surface area contributed by atoms with E-state index in [1.54, 1.807) is 12.4 Å². The molecule has 3 aromatic rings. The molecule has 0 aliphatic rings. The summed E-state index contributed by atoms with van der Waals surface area (Å²) in [5.74, 6) is 0.533. The second kappa shape index (κ2) is 6.54. The Morgan fingerprint density at radius 3 is 2.77 bits per heavy atom. The van der Waals surface area contributed by atoms with E-state index in [0.29, 0.717) is 11.0 Å².